The van der Waals surface area contributed by atoms with Crippen LogP contribution in [-0.2, 0) is 11.3 Å². The molecule has 0 radical (unpaired) electrons. The highest BCUT2D eigenvalue weighted by molar-refractivity contribution is 5.91. The minimum atomic E-state index is -0.104. The van der Waals surface area contributed by atoms with Crippen LogP contribution in [0.1, 0.15) is 0 Å². The zero-order valence-electron chi connectivity index (χ0n) is 14.9. The molecule has 7 heteroatoms. The number of benzene rings is 2. The summed E-state index contributed by atoms with van der Waals surface area (Å²) in [6.07, 6.45) is 7.24. The first-order valence-electron chi connectivity index (χ1n) is 8.86. The Morgan fingerprint density at radius 3 is 2.71 bits per heavy atom. The van der Waals surface area contributed by atoms with E-state index in [-0.39, 0.29) is 12.5 Å². The molecular weight excluding hydrogens is 352 g/mol. The van der Waals surface area contributed by atoms with Crippen molar-refractivity contribution in [1.29, 1.82) is 0 Å². The number of nitrogens with zero attached hydrogens (tertiary/aromatic N) is 5. The standard InChI is InChI=1S/C21H16N6O/c28-20(13-27-14-23-17-4-1-2-5-19(17)27)24-16-8-6-15(7-9-16)18-12-26-11-3-10-22-21(26)25-18/h1-12,14H,13H2,(H,24,28). The van der Waals surface area contributed by atoms with Crippen molar-refractivity contribution in [2.45, 2.75) is 6.54 Å². The second-order valence-corrected chi connectivity index (χ2v) is 6.44. The molecule has 5 rings (SSSR count). The van der Waals surface area contributed by atoms with E-state index < -0.39 is 0 Å². The van der Waals surface area contributed by atoms with E-state index >= 15 is 0 Å². The Morgan fingerprint density at radius 1 is 1.00 bits per heavy atom. The van der Waals surface area contributed by atoms with Gasteiger partial charge in [-0.05, 0) is 30.3 Å². The van der Waals surface area contributed by atoms with Crippen molar-refractivity contribution in [2.24, 2.45) is 0 Å². The van der Waals surface area contributed by atoms with Crippen LogP contribution >= 0.6 is 0 Å². The SMILES string of the molecule is O=C(Cn1cnc2ccccc21)Nc1ccc(-c2cn3cccnc3n2)cc1. The van der Waals surface area contributed by atoms with Crippen LogP contribution in [0.5, 0.6) is 0 Å². The van der Waals surface area contributed by atoms with E-state index in [1.165, 1.54) is 0 Å². The number of carbonyl (C=O) groups is 1. The molecule has 0 saturated carbocycles. The summed E-state index contributed by atoms with van der Waals surface area (Å²) in [5.74, 6) is 0.551. The van der Waals surface area contributed by atoms with Gasteiger partial charge in [-0.2, -0.15) is 0 Å². The fourth-order valence-electron chi connectivity index (χ4n) is 3.18. The lowest BCUT2D eigenvalue weighted by atomic mass is 10.1. The quantitative estimate of drug-likeness (QED) is 0.527. The highest BCUT2D eigenvalue weighted by atomic mass is 16.1. The van der Waals surface area contributed by atoms with Crippen LogP contribution in [0, 0.1) is 0 Å². The Kier molecular flexibility index (Phi) is 3.83. The number of nitrogens with one attached hydrogen (secondary N) is 1. The van der Waals surface area contributed by atoms with Gasteiger partial charge in [-0.3, -0.25) is 9.20 Å². The first-order chi connectivity index (χ1) is 13.8. The average Bonchev–Trinajstić information content (AvgIpc) is 3.33. The van der Waals surface area contributed by atoms with Crippen molar-refractivity contribution in [1.82, 2.24) is 23.9 Å². The molecule has 0 aliphatic rings. The first kappa shape index (κ1) is 16.2. The summed E-state index contributed by atoms with van der Waals surface area (Å²) >= 11 is 0. The number of fused-ring (bicyclic) bond motifs is 2. The van der Waals surface area contributed by atoms with Gasteiger partial charge in [0.2, 0.25) is 11.7 Å². The highest BCUT2D eigenvalue weighted by Crippen LogP contribution is 2.21. The molecular formula is C21H16N6O. The minimum Gasteiger partial charge on any atom is -0.325 e. The molecule has 28 heavy (non-hydrogen) atoms. The Labute approximate surface area is 160 Å². The number of amides is 1. The molecule has 136 valence electrons. The molecule has 0 bridgehead atoms. The smallest absolute Gasteiger partial charge is 0.244 e. The third-order valence-electron chi connectivity index (χ3n) is 4.54. The third-order valence-corrected chi connectivity index (χ3v) is 4.54. The number of rotatable bonds is 4. The second kappa shape index (κ2) is 6.62. The van der Waals surface area contributed by atoms with Gasteiger partial charge >= 0.3 is 0 Å². The van der Waals surface area contributed by atoms with Crippen molar-refractivity contribution in [2.75, 3.05) is 5.32 Å². The van der Waals surface area contributed by atoms with Crippen molar-refractivity contribution in [3.8, 4) is 11.3 Å². The normalized spacial score (nSPS) is 11.1. The van der Waals surface area contributed by atoms with E-state index in [9.17, 15) is 4.79 Å². The van der Waals surface area contributed by atoms with Crippen LogP contribution in [0.15, 0.2) is 79.5 Å². The number of hydrogen-bond donors (Lipinski definition) is 1. The van der Waals surface area contributed by atoms with Crippen LogP contribution in [-0.4, -0.2) is 29.8 Å². The van der Waals surface area contributed by atoms with Crippen molar-refractivity contribution >= 4 is 28.4 Å². The maximum absolute atomic E-state index is 12.4. The Morgan fingerprint density at radius 2 is 1.86 bits per heavy atom. The van der Waals surface area contributed by atoms with Crippen LogP contribution in [0.3, 0.4) is 0 Å². The van der Waals surface area contributed by atoms with Gasteiger partial charge in [-0.25, -0.2) is 15.0 Å². The minimum absolute atomic E-state index is 0.104. The molecule has 1 N–H and O–H groups in total. The zero-order valence-corrected chi connectivity index (χ0v) is 14.9. The molecule has 0 spiro atoms. The van der Waals surface area contributed by atoms with Crippen LogP contribution in [0.25, 0.3) is 28.1 Å². The topological polar surface area (TPSA) is 77.1 Å². The third kappa shape index (κ3) is 2.99. The largest absolute Gasteiger partial charge is 0.325 e. The van der Waals surface area contributed by atoms with E-state index in [2.05, 4.69) is 20.3 Å². The summed E-state index contributed by atoms with van der Waals surface area (Å²) in [6, 6.07) is 17.2. The molecule has 0 atom stereocenters. The number of imidazole rings is 2. The Balaban J connectivity index is 1.31. The van der Waals surface area contributed by atoms with Gasteiger partial charge in [0, 0.05) is 29.8 Å². The Bertz CT molecular complexity index is 1250. The van der Waals surface area contributed by atoms with Gasteiger partial charge in [-0.1, -0.05) is 24.3 Å². The molecule has 0 aliphatic heterocycles. The maximum Gasteiger partial charge on any atom is 0.244 e. The molecule has 2 aromatic carbocycles. The summed E-state index contributed by atoms with van der Waals surface area (Å²) in [5.41, 5.74) is 4.35. The lowest BCUT2D eigenvalue weighted by Crippen LogP contribution is -2.18. The fourth-order valence-corrected chi connectivity index (χ4v) is 3.18. The number of hydrogen-bond acceptors (Lipinski definition) is 4. The molecule has 0 unspecified atom stereocenters. The fraction of sp³-hybridized carbons (Fsp3) is 0.0476. The Hall–Kier alpha value is -4.00. The second-order valence-electron chi connectivity index (χ2n) is 6.44. The van der Waals surface area contributed by atoms with Gasteiger partial charge < -0.3 is 9.88 Å². The highest BCUT2D eigenvalue weighted by Gasteiger charge is 2.09. The number of para-hydroxylation sites is 2. The molecule has 0 saturated heterocycles. The lowest BCUT2D eigenvalue weighted by Gasteiger charge is -2.07. The van der Waals surface area contributed by atoms with Gasteiger partial charge in [0.1, 0.15) is 6.54 Å². The van der Waals surface area contributed by atoms with Gasteiger partial charge in [-0.15, -0.1) is 0 Å². The van der Waals surface area contributed by atoms with E-state index in [1.54, 1.807) is 12.5 Å². The van der Waals surface area contributed by atoms with Gasteiger partial charge in [0.25, 0.3) is 0 Å². The first-order valence-corrected chi connectivity index (χ1v) is 8.86. The van der Waals surface area contributed by atoms with Crippen molar-refractivity contribution in [3.05, 3.63) is 79.5 Å². The summed E-state index contributed by atoms with van der Waals surface area (Å²) in [6.45, 7) is 0.209. The van der Waals surface area contributed by atoms with Crippen molar-refractivity contribution < 1.29 is 4.79 Å². The monoisotopic (exact) mass is 368 g/mol. The maximum atomic E-state index is 12.4. The molecule has 3 aromatic heterocycles. The molecule has 5 aromatic rings. The van der Waals surface area contributed by atoms with Crippen LogP contribution < -0.4 is 5.32 Å². The molecule has 7 nitrogen and oxygen atoms in total. The number of anilines is 1. The molecule has 0 aliphatic carbocycles. The van der Waals surface area contributed by atoms with E-state index in [0.29, 0.717) is 5.78 Å². The summed E-state index contributed by atoms with van der Waals surface area (Å²) < 4.78 is 3.71. The average molecular weight is 368 g/mol. The van der Waals surface area contributed by atoms with Crippen LogP contribution in [0.4, 0.5) is 5.69 Å². The zero-order chi connectivity index (χ0) is 18.9. The summed E-state index contributed by atoms with van der Waals surface area (Å²) in [5, 5.41) is 2.92. The predicted octanol–water partition coefficient (Wildman–Crippen LogP) is 3.38. The lowest BCUT2D eigenvalue weighted by molar-refractivity contribution is -0.116. The van der Waals surface area contributed by atoms with Gasteiger partial charge in [0.15, 0.2) is 0 Å². The van der Waals surface area contributed by atoms with Gasteiger partial charge in [0.05, 0.1) is 23.1 Å². The molecule has 3 heterocycles. The van der Waals surface area contributed by atoms with E-state index in [0.717, 1.165) is 28.0 Å². The van der Waals surface area contributed by atoms with Crippen molar-refractivity contribution in [3.63, 3.8) is 0 Å². The molecule has 1 amide bonds. The number of aromatic nitrogens is 5. The van der Waals surface area contributed by atoms with Crippen LogP contribution in [0.2, 0.25) is 0 Å². The van der Waals surface area contributed by atoms with E-state index in [4.69, 9.17) is 0 Å². The van der Waals surface area contributed by atoms with E-state index in [1.807, 2.05) is 76.0 Å². The molecule has 0 fully saturated rings. The summed E-state index contributed by atoms with van der Waals surface area (Å²) in [7, 11) is 0. The number of carbonyl (C=O) groups excluding carboxylic acids is 1. The summed E-state index contributed by atoms with van der Waals surface area (Å²) in [4.78, 5) is 25.5. The predicted molar refractivity (Wildman–Crippen MR) is 107 cm³/mol.